The van der Waals surface area contributed by atoms with Crippen molar-refractivity contribution < 1.29 is 19.6 Å². The van der Waals surface area contributed by atoms with Crippen molar-refractivity contribution in [2.75, 3.05) is 6.61 Å². The minimum Gasteiger partial charge on any atom is -0.507 e. The van der Waals surface area contributed by atoms with Crippen LogP contribution in [-0.4, -0.2) is 28.8 Å². The summed E-state index contributed by atoms with van der Waals surface area (Å²) in [5.41, 5.74) is 1.06. The summed E-state index contributed by atoms with van der Waals surface area (Å²) in [5, 5.41) is 20.5. The number of nitro benzene ring substituents is 1. The molecule has 7 nitrogen and oxygen atoms in total. The van der Waals surface area contributed by atoms with Crippen LogP contribution in [0.25, 0.3) is 0 Å². The lowest BCUT2D eigenvalue weighted by Gasteiger charge is -2.04. The third kappa shape index (κ3) is 5.13. The standard InChI is InChI=1S/C18H18N2O5/c1-2-3-10-25-18(22)13-4-6-15(7-5-13)19-12-14-11-16(20(23)24)8-9-17(14)21/h4-9,11-12,21H,2-3,10H2,1H3. The van der Waals surface area contributed by atoms with Gasteiger partial charge in [0, 0.05) is 23.9 Å². The zero-order valence-corrected chi connectivity index (χ0v) is 13.7. The van der Waals surface area contributed by atoms with Crippen LogP contribution in [-0.2, 0) is 4.74 Å². The van der Waals surface area contributed by atoms with Gasteiger partial charge in [-0.1, -0.05) is 13.3 Å². The molecule has 0 radical (unpaired) electrons. The van der Waals surface area contributed by atoms with Gasteiger partial charge in [-0.05, 0) is 36.8 Å². The number of rotatable bonds is 7. The second-order valence-electron chi connectivity index (χ2n) is 5.29. The molecule has 0 atom stereocenters. The van der Waals surface area contributed by atoms with Gasteiger partial charge in [0.1, 0.15) is 5.75 Å². The lowest BCUT2D eigenvalue weighted by molar-refractivity contribution is -0.384. The Hall–Kier alpha value is -3.22. The van der Waals surface area contributed by atoms with Crippen LogP contribution in [0.3, 0.4) is 0 Å². The maximum atomic E-state index is 11.8. The Bertz CT molecular complexity index is 785. The molecule has 0 aliphatic rings. The van der Waals surface area contributed by atoms with E-state index in [4.69, 9.17) is 4.74 Å². The van der Waals surface area contributed by atoms with Gasteiger partial charge in [0.25, 0.3) is 5.69 Å². The van der Waals surface area contributed by atoms with Crippen molar-refractivity contribution in [3.63, 3.8) is 0 Å². The molecule has 0 saturated carbocycles. The van der Waals surface area contributed by atoms with E-state index in [9.17, 15) is 20.0 Å². The molecular weight excluding hydrogens is 324 g/mol. The normalized spacial score (nSPS) is 10.8. The highest BCUT2D eigenvalue weighted by molar-refractivity contribution is 5.90. The first-order valence-electron chi connectivity index (χ1n) is 7.80. The number of non-ortho nitro benzene ring substituents is 1. The summed E-state index contributed by atoms with van der Waals surface area (Å²) < 4.78 is 5.11. The molecule has 0 amide bonds. The average molecular weight is 342 g/mol. The third-order valence-electron chi connectivity index (χ3n) is 3.41. The van der Waals surface area contributed by atoms with E-state index in [1.165, 1.54) is 24.4 Å². The van der Waals surface area contributed by atoms with Crippen molar-refractivity contribution in [1.82, 2.24) is 0 Å². The lowest BCUT2D eigenvalue weighted by Crippen LogP contribution is -2.05. The van der Waals surface area contributed by atoms with Crippen LogP contribution in [0.4, 0.5) is 11.4 Å². The predicted molar refractivity (Wildman–Crippen MR) is 93.6 cm³/mol. The SMILES string of the molecule is CCCCOC(=O)c1ccc(N=Cc2cc([N+](=O)[O-])ccc2O)cc1. The van der Waals surface area contributed by atoms with E-state index in [2.05, 4.69) is 4.99 Å². The van der Waals surface area contributed by atoms with Crippen molar-refractivity contribution in [3.8, 4) is 5.75 Å². The predicted octanol–water partition coefficient (Wildman–Crippen LogP) is 4.01. The second-order valence-corrected chi connectivity index (χ2v) is 5.29. The molecule has 2 rings (SSSR count). The number of nitro groups is 1. The molecule has 0 saturated heterocycles. The van der Waals surface area contributed by atoms with Gasteiger partial charge in [0.15, 0.2) is 0 Å². The first kappa shape index (κ1) is 18.1. The highest BCUT2D eigenvalue weighted by atomic mass is 16.6. The molecule has 0 aliphatic heterocycles. The Morgan fingerprint density at radius 3 is 2.64 bits per heavy atom. The van der Waals surface area contributed by atoms with Crippen LogP contribution in [0, 0.1) is 10.1 Å². The Kier molecular flexibility index (Phi) is 6.22. The number of ether oxygens (including phenoxy) is 1. The molecule has 0 bridgehead atoms. The molecule has 0 unspecified atom stereocenters. The molecule has 0 aromatic heterocycles. The first-order valence-corrected chi connectivity index (χ1v) is 7.80. The van der Waals surface area contributed by atoms with Crippen LogP contribution < -0.4 is 0 Å². The molecule has 0 aliphatic carbocycles. The average Bonchev–Trinajstić information content (AvgIpc) is 2.61. The number of unbranched alkanes of at least 4 members (excludes halogenated alkanes) is 1. The van der Waals surface area contributed by atoms with Gasteiger partial charge in [-0.25, -0.2) is 4.79 Å². The van der Waals surface area contributed by atoms with E-state index in [0.29, 0.717) is 17.9 Å². The first-order chi connectivity index (χ1) is 12.0. The third-order valence-corrected chi connectivity index (χ3v) is 3.41. The maximum Gasteiger partial charge on any atom is 0.338 e. The van der Waals surface area contributed by atoms with Crippen molar-refractivity contribution in [1.29, 1.82) is 0 Å². The maximum absolute atomic E-state index is 11.8. The number of hydrogen-bond donors (Lipinski definition) is 1. The molecular formula is C18H18N2O5. The summed E-state index contributed by atoms with van der Waals surface area (Å²) >= 11 is 0. The number of benzene rings is 2. The summed E-state index contributed by atoms with van der Waals surface area (Å²) in [6, 6.07) is 10.1. The number of hydrogen-bond acceptors (Lipinski definition) is 6. The number of aromatic hydroxyl groups is 1. The van der Waals surface area contributed by atoms with Crippen LogP contribution in [0.1, 0.15) is 35.7 Å². The highest BCUT2D eigenvalue weighted by Crippen LogP contribution is 2.22. The van der Waals surface area contributed by atoms with Crippen LogP contribution >= 0.6 is 0 Å². The molecule has 0 spiro atoms. The number of nitrogens with zero attached hydrogens (tertiary/aromatic N) is 2. The zero-order chi connectivity index (χ0) is 18.2. The van der Waals surface area contributed by atoms with E-state index in [0.717, 1.165) is 12.8 Å². The van der Waals surface area contributed by atoms with E-state index in [1.807, 2.05) is 6.92 Å². The molecule has 2 aromatic carbocycles. The number of phenols is 1. The molecule has 2 aromatic rings. The van der Waals surface area contributed by atoms with Crippen molar-refractivity contribution >= 4 is 23.6 Å². The number of carbonyl (C=O) groups excluding carboxylic acids is 1. The van der Waals surface area contributed by atoms with E-state index >= 15 is 0 Å². The fourth-order valence-electron chi connectivity index (χ4n) is 1.98. The van der Waals surface area contributed by atoms with Gasteiger partial charge in [-0.15, -0.1) is 0 Å². The van der Waals surface area contributed by atoms with Gasteiger partial charge in [-0.2, -0.15) is 0 Å². The number of carbonyl (C=O) groups is 1. The van der Waals surface area contributed by atoms with E-state index in [-0.39, 0.29) is 23.0 Å². The number of aliphatic imine (C=N–C) groups is 1. The second kappa shape index (κ2) is 8.58. The van der Waals surface area contributed by atoms with E-state index in [1.54, 1.807) is 24.3 Å². The highest BCUT2D eigenvalue weighted by Gasteiger charge is 2.09. The van der Waals surface area contributed by atoms with Crippen LogP contribution in [0.15, 0.2) is 47.5 Å². The van der Waals surface area contributed by atoms with Gasteiger partial charge in [-0.3, -0.25) is 15.1 Å². The molecule has 25 heavy (non-hydrogen) atoms. The Morgan fingerprint density at radius 2 is 2.00 bits per heavy atom. The minimum absolute atomic E-state index is 0.106. The summed E-state index contributed by atoms with van der Waals surface area (Å²) in [4.78, 5) is 26.2. The quantitative estimate of drug-likeness (QED) is 0.269. The zero-order valence-electron chi connectivity index (χ0n) is 13.7. The summed E-state index contributed by atoms with van der Waals surface area (Å²) in [6.07, 6.45) is 3.10. The monoisotopic (exact) mass is 342 g/mol. The van der Waals surface area contributed by atoms with E-state index < -0.39 is 4.92 Å². The fraction of sp³-hybridized carbons (Fsp3) is 0.222. The van der Waals surface area contributed by atoms with Gasteiger partial charge in [0.2, 0.25) is 0 Å². The van der Waals surface area contributed by atoms with Crippen molar-refractivity contribution in [2.24, 2.45) is 4.99 Å². The molecule has 7 heteroatoms. The summed E-state index contributed by atoms with van der Waals surface area (Å²) in [6.45, 7) is 2.40. The number of esters is 1. The Balaban J connectivity index is 2.08. The smallest absolute Gasteiger partial charge is 0.338 e. The molecule has 1 N–H and O–H groups in total. The summed E-state index contributed by atoms with van der Waals surface area (Å²) in [5.74, 6) is -0.495. The van der Waals surface area contributed by atoms with Crippen molar-refractivity contribution in [2.45, 2.75) is 19.8 Å². The van der Waals surface area contributed by atoms with Gasteiger partial charge in [0.05, 0.1) is 22.8 Å². The minimum atomic E-state index is -0.546. The number of phenolic OH excluding ortho intramolecular Hbond substituents is 1. The lowest BCUT2D eigenvalue weighted by atomic mass is 10.2. The topological polar surface area (TPSA) is 102 Å². The van der Waals surface area contributed by atoms with Crippen molar-refractivity contribution in [3.05, 3.63) is 63.7 Å². The van der Waals surface area contributed by atoms with Gasteiger partial charge >= 0.3 is 5.97 Å². The molecule has 130 valence electrons. The fourth-order valence-corrected chi connectivity index (χ4v) is 1.98. The Morgan fingerprint density at radius 1 is 1.28 bits per heavy atom. The van der Waals surface area contributed by atoms with Gasteiger partial charge < -0.3 is 9.84 Å². The summed E-state index contributed by atoms with van der Waals surface area (Å²) in [7, 11) is 0. The Labute approximate surface area is 144 Å². The van der Waals surface area contributed by atoms with Crippen LogP contribution in [0.2, 0.25) is 0 Å². The molecule has 0 heterocycles. The van der Waals surface area contributed by atoms with Crippen LogP contribution in [0.5, 0.6) is 5.75 Å². The largest absolute Gasteiger partial charge is 0.507 e. The molecule has 0 fully saturated rings.